The summed E-state index contributed by atoms with van der Waals surface area (Å²) >= 11 is 0. The molecule has 1 atom stereocenters. The number of epoxide rings is 1. The van der Waals surface area contributed by atoms with Gasteiger partial charge in [-0.05, 0) is 31.6 Å². The van der Waals surface area contributed by atoms with Crippen molar-refractivity contribution in [3.05, 3.63) is 0 Å². The normalized spacial score (nSPS) is 25.3. The molecule has 3 heteroatoms. The van der Waals surface area contributed by atoms with Gasteiger partial charge < -0.3 is 14.2 Å². The largest absolute Gasteiger partial charge is 0.381 e. The number of rotatable bonds is 9. The van der Waals surface area contributed by atoms with Gasteiger partial charge in [-0.2, -0.15) is 0 Å². The molecule has 0 aromatic rings. The first kappa shape index (κ1) is 10.4. The number of hydrogen-bond donors (Lipinski definition) is 0. The molecule has 0 aromatic carbocycles. The smallest absolute Gasteiger partial charge is 0.104 e. The fourth-order valence-electron chi connectivity index (χ4n) is 1.32. The molecule has 0 spiro atoms. The summed E-state index contributed by atoms with van der Waals surface area (Å²) in [7, 11) is 0. The van der Waals surface area contributed by atoms with Gasteiger partial charge in [-0.1, -0.05) is 0 Å². The molecule has 1 aliphatic heterocycles. The van der Waals surface area contributed by atoms with Gasteiger partial charge in [0.15, 0.2) is 0 Å². The minimum absolute atomic E-state index is 0.404. The van der Waals surface area contributed by atoms with Gasteiger partial charge in [-0.25, -0.2) is 0 Å². The minimum atomic E-state index is 0.404. The van der Waals surface area contributed by atoms with Crippen LogP contribution in [0.1, 0.15) is 25.7 Å². The van der Waals surface area contributed by atoms with E-state index >= 15 is 0 Å². The molecule has 1 heterocycles. The molecule has 1 aliphatic carbocycles. The quantitative estimate of drug-likeness (QED) is 0.418. The van der Waals surface area contributed by atoms with E-state index in [-0.39, 0.29) is 0 Å². The van der Waals surface area contributed by atoms with Crippen molar-refractivity contribution >= 4 is 0 Å². The first-order chi connectivity index (χ1) is 6.95. The van der Waals surface area contributed by atoms with E-state index in [1.807, 2.05) is 0 Å². The van der Waals surface area contributed by atoms with Gasteiger partial charge in [0, 0.05) is 19.8 Å². The predicted octanol–water partition coefficient (Wildman–Crippen LogP) is 1.61. The molecule has 14 heavy (non-hydrogen) atoms. The number of hydrogen-bond acceptors (Lipinski definition) is 3. The van der Waals surface area contributed by atoms with E-state index in [1.54, 1.807) is 0 Å². The maximum Gasteiger partial charge on any atom is 0.104 e. The summed E-state index contributed by atoms with van der Waals surface area (Å²) in [6.07, 6.45) is 5.39. The average Bonchev–Trinajstić information content (AvgIpc) is 3.00. The van der Waals surface area contributed by atoms with E-state index in [2.05, 4.69) is 0 Å². The Morgan fingerprint density at radius 1 is 1.00 bits per heavy atom. The van der Waals surface area contributed by atoms with Crippen LogP contribution in [0.4, 0.5) is 0 Å². The lowest BCUT2D eigenvalue weighted by Crippen LogP contribution is -2.04. The van der Waals surface area contributed by atoms with Crippen LogP contribution in [0.25, 0.3) is 0 Å². The molecule has 2 fully saturated rings. The van der Waals surface area contributed by atoms with Crippen LogP contribution in [0.15, 0.2) is 0 Å². The third kappa shape index (κ3) is 4.94. The second-order valence-electron chi connectivity index (χ2n) is 4.26. The van der Waals surface area contributed by atoms with Crippen molar-refractivity contribution in [3.8, 4) is 0 Å². The van der Waals surface area contributed by atoms with Gasteiger partial charge in [0.25, 0.3) is 0 Å². The van der Waals surface area contributed by atoms with E-state index in [4.69, 9.17) is 14.2 Å². The molecule has 0 N–H and O–H groups in total. The zero-order valence-electron chi connectivity index (χ0n) is 8.74. The van der Waals surface area contributed by atoms with Gasteiger partial charge in [0.2, 0.25) is 0 Å². The highest BCUT2D eigenvalue weighted by molar-refractivity contribution is 4.71. The molecule has 0 radical (unpaired) electrons. The summed E-state index contributed by atoms with van der Waals surface area (Å²) < 4.78 is 16.0. The molecule has 1 unspecified atom stereocenters. The van der Waals surface area contributed by atoms with Crippen LogP contribution in [0.3, 0.4) is 0 Å². The summed E-state index contributed by atoms with van der Waals surface area (Å²) in [6.45, 7) is 4.41. The second kappa shape index (κ2) is 5.69. The molecule has 1 saturated heterocycles. The van der Waals surface area contributed by atoms with Gasteiger partial charge in [0.05, 0.1) is 13.2 Å². The van der Waals surface area contributed by atoms with Gasteiger partial charge >= 0.3 is 0 Å². The van der Waals surface area contributed by atoms with Crippen molar-refractivity contribution < 1.29 is 14.2 Å². The molecular weight excluding hydrogens is 180 g/mol. The molecule has 3 nitrogen and oxygen atoms in total. The monoisotopic (exact) mass is 200 g/mol. The number of unbranched alkanes of at least 4 members (excludes halogenated alkanes) is 1. The van der Waals surface area contributed by atoms with Crippen LogP contribution in [0.5, 0.6) is 0 Å². The molecule has 0 aromatic heterocycles. The molecular formula is C11H20O3. The topological polar surface area (TPSA) is 31.0 Å². The van der Waals surface area contributed by atoms with E-state index in [9.17, 15) is 0 Å². The van der Waals surface area contributed by atoms with E-state index in [0.717, 1.165) is 51.8 Å². The van der Waals surface area contributed by atoms with Crippen LogP contribution >= 0.6 is 0 Å². The lowest BCUT2D eigenvalue weighted by atomic mass is 10.3. The van der Waals surface area contributed by atoms with Crippen molar-refractivity contribution in [1.29, 1.82) is 0 Å². The molecule has 1 saturated carbocycles. The second-order valence-corrected chi connectivity index (χ2v) is 4.26. The van der Waals surface area contributed by atoms with Gasteiger partial charge in [0.1, 0.15) is 6.10 Å². The summed E-state index contributed by atoms with van der Waals surface area (Å²) in [5.74, 6) is 0.887. The van der Waals surface area contributed by atoms with Crippen molar-refractivity contribution in [2.75, 3.05) is 33.0 Å². The molecule has 2 aliphatic rings. The Balaban J connectivity index is 1.25. The Morgan fingerprint density at radius 3 is 2.21 bits per heavy atom. The van der Waals surface area contributed by atoms with Crippen LogP contribution in [-0.4, -0.2) is 39.1 Å². The highest BCUT2D eigenvalue weighted by atomic mass is 16.6. The zero-order chi connectivity index (χ0) is 9.64. The zero-order valence-corrected chi connectivity index (χ0v) is 8.74. The lowest BCUT2D eigenvalue weighted by molar-refractivity contribution is 0.0911. The molecule has 2 rings (SSSR count). The SMILES string of the molecule is C(CCOCC1CO1)COCC1CC1. The maximum atomic E-state index is 5.52. The predicted molar refractivity (Wildman–Crippen MR) is 53.3 cm³/mol. The van der Waals surface area contributed by atoms with Crippen LogP contribution in [0.2, 0.25) is 0 Å². The standard InChI is InChI=1S/C11H20O3/c1(5-12-7-10-3-4-10)2-6-13-8-11-9-14-11/h10-11H,1-9H2. The summed E-state index contributed by atoms with van der Waals surface area (Å²) in [5.41, 5.74) is 0. The Labute approximate surface area is 85.7 Å². The van der Waals surface area contributed by atoms with Crippen LogP contribution in [0, 0.1) is 5.92 Å². The molecule has 0 amide bonds. The third-order valence-corrected chi connectivity index (χ3v) is 2.58. The fraction of sp³-hybridized carbons (Fsp3) is 1.00. The van der Waals surface area contributed by atoms with Crippen molar-refractivity contribution in [2.24, 2.45) is 5.92 Å². The van der Waals surface area contributed by atoms with Crippen LogP contribution in [-0.2, 0) is 14.2 Å². The Hall–Kier alpha value is -0.120. The summed E-state index contributed by atoms with van der Waals surface area (Å²) in [5, 5.41) is 0. The van der Waals surface area contributed by atoms with Crippen molar-refractivity contribution in [3.63, 3.8) is 0 Å². The Morgan fingerprint density at radius 2 is 1.64 bits per heavy atom. The van der Waals surface area contributed by atoms with Crippen molar-refractivity contribution in [1.82, 2.24) is 0 Å². The molecule has 0 bridgehead atoms. The maximum absolute atomic E-state index is 5.52. The Bertz CT molecular complexity index is 135. The lowest BCUT2D eigenvalue weighted by Gasteiger charge is -2.03. The highest BCUT2D eigenvalue weighted by Crippen LogP contribution is 2.28. The van der Waals surface area contributed by atoms with Crippen molar-refractivity contribution in [2.45, 2.75) is 31.8 Å². The van der Waals surface area contributed by atoms with E-state index in [1.165, 1.54) is 12.8 Å². The van der Waals surface area contributed by atoms with Gasteiger partial charge in [-0.15, -0.1) is 0 Å². The average molecular weight is 200 g/mol. The van der Waals surface area contributed by atoms with E-state index in [0.29, 0.717) is 6.10 Å². The third-order valence-electron chi connectivity index (χ3n) is 2.58. The van der Waals surface area contributed by atoms with Gasteiger partial charge in [-0.3, -0.25) is 0 Å². The first-order valence-corrected chi connectivity index (χ1v) is 5.72. The van der Waals surface area contributed by atoms with Crippen LogP contribution < -0.4 is 0 Å². The first-order valence-electron chi connectivity index (χ1n) is 5.72. The number of ether oxygens (including phenoxy) is 3. The summed E-state index contributed by atoms with van der Waals surface area (Å²) in [4.78, 5) is 0. The summed E-state index contributed by atoms with van der Waals surface area (Å²) in [6, 6.07) is 0. The Kier molecular flexibility index (Phi) is 4.22. The minimum Gasteiger partial charge on any atom is -0.381 e. The highest BCUT2D eigenvalue weighted by Gasteiger charge is 2.22. The fourth-order valence-corrected chi connectivity index (χ4v) is 1.32. The van der Waals surface area contributed by atoms with E-state index < -0.39 is 0 Å². The molecule has 82 valence electrons.